The quantitative estimate of drug-likeness (QED) is 0.927. The van der Waals surface area contributed by atoms with Crippen molar-refractivity contribution in [3.05, 3.63) is 53.3 Å². The smallest absolute Gasteiger partial charge is 0.222 e. The average Bonchev–Trinajstić information content (AvgIpc) is 2.98. The summed E-state index contributed by atoms with van der Waals surface area (Å²) in [7, 11) is 1.84. The predicted octanol–water partition coefficient (Wildman–Crippen LogP) is 1.57. The van der Waals surface area contributed by atoms with Crippen molar-refractivity contribution in [2.24, 2.45) is 7.05 Å². The predicted molar refractivity (Wildman–Crippen MR) is 89.9 cm³/mol. The highest BCUT2D eigenvalue weighted by Crippen LogP contribution is 2.32. The number of amides is 2. The van der Waals surface area contributed by atoms with Gasteiger partial charge in [-0.2, -0.15) is 5.10 Å². The first-order valence-corrected chi connectivity index (χ1v) is 8.14. The van der Waals surface area contributed by atoms with E-state index in [0.29, 0.717) is 13.1 Å². The van der Waals surface area contributed by atoms with Crippen LogP contribution in [0.5, 0.6) is 0 Å². The van der Waals surface area contributed by atoms with E-state index in [1.54, 1.807) is 22.7 Å². The van der Waals surface area contributed by atoms with E-state index in [-0.39, 0.29) is 24.3 Å². The molecule has 0 unspecified atom stereocenters. The van der Waals surface area contributed by atoms with Gasteiger partial charge >= 0.3 is 0 Å². The number of hydrogen-bond donors (Lipinski definition) is 1. The van der Waals surface area contributed by atoms with Crippen molar-refractivity contribution in [1.82, 2.24) is 20.0 Å². The van der Waals surface area contributed by atoms with E-state index < -0.39 is 0 Å². The van der Waals surface area contributed by atoms with Gasteiger partial charge < -0.3 is 10.2 Å². The van der Waals surface area contributed by atoms with Crippen LogP contribution in [0.2, 0.25) is 0 Å². The molecule has 2 amide bonds. The maximum atomic E-state index is 12.4. The Balaban J connectivity index is 1.70. The minimum atomic E-state index is -0.193. The van der Waals surface area contributed by atoms with Crippen LogP contribution < -0.4 is 5.32 Å². The molecule has 6 nitrogen and oxygen atoms in total. The van der Waals surface area contributed by atoms with Crippen LogP contribution in [0, 0.1) is 0 Å². The molecule has 0 saturated carbocycles. The number of carbonyl (C=O) groups is 2. The lowest BCUT2D eigenvalue weighted by Gasteiger charge is -2.36. The van der Waals surface area contributed by atoms with Crippen molar-refractivity contribution in [3.8, 4) is 0 Å². The Kier molecular flexibility index (Phi) is 4.64. The molecule has 1 atom stereocenters. The Morgan fingerprint density at radius 2 is 2.12 bits per heavy atom. The number of nitrogens with one attached hydrogen (secondary N) is 1. The van der Waals surface area contributed by atoms with Crippen molar-refractivity contribution >= 4 is 11.8 Å². The summed E-state index contributed by atoms with van der Waals surface area (Å²) >= 11 is 0. The molecular weight excluding hydrogens is 304 g/mol. The van der Waals surface area contributed by atoms with E-state index in [2.05, 4.69) is 16.5 Å². The maximum Gasteiger partial charge on any atom is 0.222 e. The molecule has 2 heterocycles. The summed E-state index contributed by atoms with van der Waals surface area (Å²) in [6.07, 6.45) is 4.72. The van der Waals surface area contributed by atoms with Gasteiger partial charge in [0.05, 0.1) is 18.7 Å². The highest BCUT2D eigenvalue weighted by Gasteiger charge is 2.30. The second kappa shape index (κ2) is 6.86. The van der Waals surface area contributed by atoms with Crippen LogP contribution in [0.15, 0.2) is 36.7 Å². The average molecular weight is 326 g/mol. The summed E-state index contributed by atoms with van der Waals surface area (Å²) < 4.78 is 1.70. The molecule has 0 aliphatic carbocycles. The first-order valence-electron chi connectivity index (χ1n) is 8.14. The van der Waals surface area contributed by atoms with Crippen LogP contribution in [0.3, 0.4) is 0 Å². The Labute approximate surface area is 141 Å². The lowest BCUT2D eigenvalue weighted by molar-refractivity contribution is -0.133. The largest absolute Gasteiger partial charge is 0.352 e. The standard InChI is InChI=1S/C18H22N4O2/c1-13(23)22-8-7-15-5-3-4-6-16(15)17(22)9-18(24)19-10-14-11-20-21(2)12-14/h3-6,11-12,17H,7-10H2,1-2H3,(H,19,24)/t17-/m1/s1. The lowest BCUT2D eigenvalue weighted by Crippen LogP contribution is -2.41. The summed E-state index contributed by atoms with van der Waals surface area (Å²) in [6.45, 7) is 2.67. The van der Waals surface area contributed by atoms with Crippen molar-refractivity contribution in [2.75, 3.05) is 6.54 Å². The number of benzene rings is 1. The Bertz CT molecular complexity index is 753. The fourth-order valence-electron chi connectivity index (χ4n) is 3.26. The second-order valence-corrected chi connectivity index (χ2v) is 6.18. The summed E-state index contributed by atoms with van der Waals surface area (Å²) in [5.74, 6) is -0.0543. The number of fused-ring (bicyclic) bond motifs is 1. The highest BCUT2D eigenvalue weighted by molar-refractivity contribution is 5.79. The lowest BCUT2D eigenvalue weighted by atomic mass is 9.90. The molecule has 1 aromatic carbocycles. The Hall–Kier alpha value is -2.63. The number of aryl methyl sites for hydroxylation is 1. The Morgan fingerprint density at radius 3 is 2.83 bits per heavy atom. The maximum absolute atomic E-state index is 12.4. The molecule has 1 aliphatic rings. The summed E-state index contributed by atoms with van der Waals surface area (Å²) in [4.78, 5) is 26.2. The molecule has 2 aromatic rings. The molecule has 3 rings (SSSR count). The SMILES string of the molecule is CC(=O)N1CCc2ccccc2[C@H]1CC(=O)NCc1cnn(C)c1. The van der Waals surface area contributed by atoms with Crippen LogP contribution in [0.4, 0.5) is 0 Å². The van der Waals surface area contributed by atoms with E-state index >= 15 is 0 Å². The van der Waals surface area contributed by atoms with Gasteiger partial charge in [-0.3, -0.25) is 14.3 Å². The molecule has 0 saturated heterocycles. The molecular formula is C18H22N4O2. The van der Waals surface area contributed by atoms with Gasteiger partial charge in [0, 0.05) is 38.8 Å². The van der Waals surface area contributed by atoms with Gasteiger partial charge in [0.15, 0.2) is 0 Å². The zero-order valence-electron chi connectivity index (χ0n) is 14.0. The van der Waals surface area contributed by atoms with Crippen LogP contribution >= 0.6 is 0 Å². The van der Waals surface area contributed by atoms with Crippen molar-refractivity contribution < 1.29 is 9.59 Å². The number of aromatic nitrogens is 2. The number of hydrogen-bond acceptors (Lipinski definition) is 3. The molecule has 126 valence electrons. The second-order valence-electron chi connectivity index (χ2n) is 6.18. The van der Waals surface area contributed by atoms with Gasteiger partial charge in [-0.25, -0.2) is 0 Å². The third-order valence-corrected chi connectivity index (χ3v) is 4.44. The van der Waals surface area contributed by atoms with E-state index in [1.807, 2.05) is 31.4 Å². The molecule has 24 heavy (non-hydrogen) atoms. The van der Waals surface area contributed by atoms with Gasteiger partial charge in [0.2, 0.25) is 11.8 Å². The third kappa shape index (κ3) is 3.48. The first-order chi connectivity index (χ1) is 11.5. The summed E-state index contributed by atoms with van der Waals surface area (Å²) in [5, 5.41) is 7.01. The minimum absolute atomic E-state index is 0.00885. The molecule has 1 aromatic heterocycles. The number of rotatable bonds is 4. The van der Waals surface area contributed by atoms with Crippen LogP contribution in [0.1, 0.15) is 36.1 Å². The third-order valence-electron chi connectivity index (χ3n) is 4.44. The van der Waals surface area contributed by atoms with E-state index in [4.69, 9.17) is 0 Å². The van der Waals surface area contributed by atoms with Crippen LogP contribution in [-0.2, 0) is 29.6 Å². The summed E-state index contributed by atoms with van der Waals surface area (Å²) in [6, 6.07) is 7.86. The van der Waals surface area contributed by atoms with Crippen LogP contribution in [-0.4, -0.2) is 33.0 Å². The molecule has 0 bridgehead atoms. The fourth-order valence-corrected chi connectivity index (χ4v) is 3.26. The molecule has 0 spiro atoms. The van der Waals surface area contributed by atoms with E-state index in [0.717, 1.165) is 17.5 Å². The van der Waals surface area contributed by atoms with Crippen molar-refractivity contribution in [1.29, 1.82) is 0 Å². The molecule has 1 N–H and O–H groups in total. The van der Waals surface area contributed by atoms with Crippen LogP contribution in [0.25, 0.3) is 0 Å². The van der Waals surface area contributed by atoms with Crippen molar-refractivity contribution in [2.45, 2.75) is 32.4 Å². The first kappa shape index (κ1) is 16.2. The monoisotopic (exact) mass is 326 g/mol. The normalized spacial score (nSPS) is 16.6. The highest BCUT2D eigenvalue weighted by atomic mass is 16.2. The fraction of sp³-hybridized carbons (Fsp3) is 0.389. The zero-order chi connectivity index (χ0) is 17.1. The molecule has 1 aliphatic heterocycles. The number of nitrogens with zero attached hydrogens (tertiary/aromatic N) is 3. The molecule has 0 fully saturated rings. The Morgan fingerprint density at radius 1 is 1.33 bits per heavy atom. The summed E-state index contributed by atoms with van der Waals surface area (Å²) in [5.41, 5.74) is 3.26. The minimum Gasteiger partial charge on any atom is -0.352 e. The van der Waals surface area contributed by atoms with E-state index in [9.17, 15) is 9.59 Å². The van der Waals surface area contributed by atoms with Gasteiger partial charge in [0.25, 0.3) is 0 Å². The van der Waals surface area contributed by atoms with Gasteiger partial charge in [0.1, 0.15) is 0 Å². The number of carbonyl (C=O) groups excluding carboxylic acids is 2. The molecule has 6 heteroatoms. The van der Waals surface area contributed by atoms with Crippen molar-refractivity contribution in [3.63, 3.8) is 0 Å². The molecule has 0 radical (unpaired) electrons. The zero-order valence-corrected chi connectivity index (χ0v) is 14.0. The van der Waals surface area contributed by atoms with Gasteiger partial charge in [-0.1, -0.05) is 24.3 Å². The van der Waals surface area contributed by atoms with Gasteiger partial charge in [-0.05, 0) is 17.5 Å². The van der Waals surface area contributed by atoms with E-state index in [1.165, 1.54) is 5.56 Å². The van der Waals surface area contributed by atoms with Gasteiger partial charge in [-0.15, -0.1) is 0 Å². The topological polar surface area (TPSA) is 67.2 Å².